The van der Waals surface area contributed by atoms with Crippen molar-refractivity contribution < 1.29 is 8.78 Å². The number of alkyl halides is 2. The highest BCUT2D eigenvalue weighted by Crippen LogP contribution is 2.27. The molecule has 0 aliphatic heterocycles. The van der Waals surface area contributed by atoms with Crippen LogP contribution in [0.4, 0.5) is 8.78 Å². The van der Waals surface area contributed by atoms with Gasteiger partial charge in [-0.2, -0.15) is 0 Å². The van der Waals surface area contributed by atoms with Crippen molar-refractivity contribution in [2.45, 2.75) is 51.4 Å². The number of benzene rings is 2. The molecule has 0 aliphatic carbocycles. The molecule has 0 nitrogen and oxygen atoms in total. The van der Waals surface area contributed by atoms with Gasteiger partial charge in [0.1, 0.15) is 0 Å². The second-order valence-electron chi connectivity index (χ2n) is 5.49. The first-order valence-corrected chi connectivity index (χ1v) is 7.46. The minimum absolute atomic E-state index is 0.000172. The van der Waals surface area contributed by atoms with E-state index in [0.717, 1.165) is 18.4 Å². The molecular weight excluding hydrogens is 254 g/mol. The average molecular weight is 276 g/mol. The van der Waals surface area contributed by atoms with Crippen molar-refractivity contribution in [3.63, 3.8) is 0 Å². The molecule has 0 unspecified atom stereocenters. The van der Waals surface area contributed by atoms with Crippen molar-refractivity contribution in [3.05, 3.63) is 48.0 Å². The summed E-state index contributed by atoms with van der Waals surface area (Å²) in [7, 11) is 0. The maximum absolute atomic E-state index is 13.6. The smallest absolute Gasteiger partial charge is 0.207 e. The fraction of sp³-hybridized carbons (Fsp3) is 0.444. The van der Waals surface area contributed by atoms with Gasteiger partial charge < -0.3 is 0 Å². The first-order valence-electron chi connectivity index (χ1n) is 7.46. The molecule has 0 heterocycles. The molecule has 0 atom stereocenters. The normalized spacial score (nSPS) is 11.9. The Hall–Kier alpha value is -1.44. The van der Waals surface area contributed by atoms with Crippen LogP contribution in [0.1, 0.15) is 44.6 Å². The van der Waals surface area contributed by atoms with Crippen LogP contribution in [0, 0.1) is 0 Å². The van der Waals surface area contributed by atoms with E-state index in [4.69, 9.17) is 0 Å². The maximum atomic E-state index is 13.6. The fourth-order valence-corrected chi connectivity index (χ4v) is 2.51. The quantitative estimate of drug-likeness (QED) is 0.583. The van der Waals surface area contributed by atoms with E-state index in [9.17, 15) is 8.78 Å². The van der Waals surface area contributed by atoms with Crippen LogP contribution in [0.5, 0.6) is 0 Å². The molecule has 0 bridgehead atoms. The van der Waals surface area contributed by atoms with Crippen LogP contribution < -0.4 is 0 Å². The van der Waals surface area contributed by atoms with E-state index in [1.165, 1.54) is 10.8 Å². The molecule has 0 N–H and O–H groups in total. The van der Waals surface area contributed by atoms with Gasteiger partial charge in [0.15, 0.2) is 0 Å². The zero-order valence-electron chi connectivity index (χ0n) is 12.0. The number of unbranched alkanes of at least 4 members (excludes halogenated alkanes) is 1. The minimum atomic E-state index is -2.49. The zero-order valence-corrected chi connectivity index (χ0v) is 12.0. The van der Waals surface area contributed by atoms with E-state index >= 15 is 0 Å². The molecule has 0 fully saturated rings. The van der Waals surface area contributed by atoms with Gasteiger partial charge in [-0.25, -0.2) is 8.78 Å². The third-order valence-corrected chi connectivity index (χ3v) is 3.72. The molecule has 0 saturated heterocycles. The van der Waals surface area contributed by atoms with Gasteiger partial charge in [0.05, 0.1) is 0 Å². The van der Waals surface area contributed by atoms with Gasteiger partial charge in [-0.3, -0.25) is 0 Å². The molecule has 0 aliphatic rings. The minimum Gasteiger partial charge on any atom is -0.207 e. The molecule has 0 aromatic heterocycles. The Morgan fingerprint density at radius 1 is 0.900 bits per heavy atom. The van der Waals surface area contributed by atoms with Crippen molar-refractivity contribution in [3.8, 4) is 0 Å². The lowest BCUT2D eigenvalue weighted by atomic mass is 10.00. The second kappa shape index (κ2) is 6.83. The molecule has 108 valence electrons. The molecule has 2 aromatic rings. The molecule has 0 radical (unpaired) electrons. The van der Waals surface area contributed by atoms with E-state index in [0.29, 0.717) is 12.8 Å². The topological polar surface area (TPSA) is 0 Å². The third-order valence-electron chi connectivity index (χ3n) is 3.72. The highest BCUT2D eigenvalue weighted by molar-refractivity contribution is 5.82. The van der Waals surface area contributed by atoms with E-state index in [2.05, 4.69) is 24.3 Å². The highest BCUT2D eigenvalue weighted by atomic mass is 19.3. The molecular formula is C18H22F2. The second-order valence-corrected chi connectivity index (χ2v) is 5.49. The Morgan fingerprint density at radius 2 is 1.60 bits per heavy atom. The van der Waals surface area contributed by atoms with Crippen molar-refractivity contribution >= 4 is 10.8 Å². The summed E-state index contributed by atoms with van der Waals surface area (Å²) in [5, 5.41) is 2.38. The van der Waals surface area contributed by atoms with E-state index < -0.39 is 5.92 Å². The predicted octanol–water partition coefficient (Wildman–Crippen LogP) is 5.99. The summed E-state index contributed by atoms with van der Waals surface area (Å²) in [6.45, 7) is 1.95. The SMILES string of the molecule is CCCCC(F)(F)CCCc1ccc2ccccc2c1. The largest absolute Gasteiger partial charge is 0.248 e. The van der Waals surface area contributed by atoms with Gasteiger partial charge in [0.25, 0.3) is 0 Å². The lowest BCUT2D eigenvalue weighted by Gasteiger charge is -2.15. The Bertz CT molecular complexity index is 546. The molecule has 20 heavy (non-hydrogen) atoms. The van der Waals surface area contributed by atoms with Gasteiger partial charge >= 0.3 is 0 Å². The van der Waals surface area contributed by atoms with Crippen LogP contribution in [0.3, 0.4) is 0 Å². The van der Waals surface area contributed by atoms with Gasteiger partial charge in [-0.05, 0) is 35.6 Å². The van der Waals surface area contributed by atoms with Crippen LogP contribution in [0.2, 0.25) is 0 Å². The summed E-state index contributed by atoms with van der Waals surface area (Å²) in [5.41, 5.74) is 1.15. The Kier molecular flexibility index (Phi) is 5.11. The van der Waals surface area contributed by atoms with Crippen LogP contribution in [0.15, 0.2) is 42.5 Å². The fourth-order valence-electron chi connectivity index (χ4n) is 2.51. The molecule has 0 spiro atoms. The highest BCUT2D eigenvalue weighted by Gasteiger charge is 2.26. The summed E-state index contributed by atoms with van der Waals surface area (Å²) in [4.78, 5) is 0. The van der Waals surface area contributed by atoms with Crippen molar-refractivity contribution in [2.24, 2.45) is 0 Å². The Balaban J connectivity index is 1.89. The summed E-state index contributed by atoms with van der Waals surface area (Å²) in [5.74, 6) is -2.49. The monoisotopic (exact) mass is 276 g/mol. The predicted molar refractivity (Wildman–Crippen MR) is 81.4 cm³/mol. The molecule has 2 rings (SSSR count). The van der Waals surface area contributed by atoms with Gasteiger partial charge in [-0.1, -0.05) is 55.8 Å². The number of halogens is 2. The van der Waals surface area contributed by atoms with Gasteiger partial charge in [-0.15, -0.1) is 0 Å². The molecule has 2 aromatic carbocycles. The molecule has 0 amide bonds. The number of fused-ring (bicyclic) bond motifs is 1. The van der Waals surface area contributed by atoms with Gasteiger partial charge in [0, 0.05) is 12.8 Å². The van der Waals surface area contributed by atoms with Crippen LogP contribution >= 0.6 is 0 Å². The van der Waals surface area contributed by atoms with E-state index in [1.54, 1.807) is 0 Å². The van der Waals surface area contributed by atoms with E-state index in [1.807, 2.05) is 25.1 Å². The van der Waals surface area contributed by atoms with Crippen molar-refractivity contribution in [1.82, 2.24) is 0 Å². The van der Waals surface area contributed by atoms with Crippen molar-refractivity contribution in [2.75, 3.05) is 0 Å². The standard InChI is InChI=1S/C18H22F2/c1-2-3-12-18(19,20)13-6-7-15-10-11-16-8-4-5-9-17(16)14-15/h4-5,8-11,14H,2-3,6-7,12-13H2,1H3. The van der Waals surface area contributed by atoms with E-state index in [-0.39, 0.29) is 12.8 Å². The average Bonchev–Trinajstić information content (AvgIpc) is 2.45. The lowest BCUT2D eigenvalue weighted by molar-refractivity contribution is -0.0196. The first-order chi connectivity index (χ1) is 9.61. The van der Waals surface area contributed by atoms with Crippen LogP contribution in [-0.4, -0.2) is 5.92 Å². The summed E-state index contributed by atoms with van der Waals surface area (Å²) in [6.07, 6.45) is 2.76. The zero-order chi connectivity index (χ0) is 14.4. The Labute approximate surface area is 119 Å². The van der Waals surface area contributed by atoms with Crippen LogP contribution in [-0.2, 0) is 6.42 Å². The number of hydrogen-bond donors (Lipinski definition) is 0. The summed E-state index contributed by atoms with van der Waals surface area (Å²) in [6, 6.07) is 14.4. The third kappa shape index (κ3) is 4.29. The first kappa shape index (κ1) is 15.0. The molecule has 2 heteroatoms. The maximum Gasteiger partial charge on any atom is 0.248 e. The van der Waals surface area contributed by atoms with Crippen LogP contribution in [0.25, 0.3) is 10.8 Å². The summed E-state index contributed by atoms with van der Waals surface area (Å²) >= 11 is 0. The Morgan fingerprint density at radius 3 is 2.35 bits per heavy atom. The number of hydrogen-bond acceptors (Lipinski definition) is 0. The number of rotatable bonds is 7. The van der Waals surface area contributed by atoms with Crippen molar-refractivity contribution in [1.29, 1.82) is 0 Å². The molecule has 0 saturated carbocycles. The lowest BCUT2D eigenvalue weighted by Crippen LogP contribution is -2.15. The number of aryl methyl sites for hydroxylation is 1. The van der Waals surface area contributed by atoms with Gasteiger partial charge in [0.2, 0.25) is 5.92 Å². The summed E-state index contributed by atoms with van der Waals surface area (Å²) < 4.78 is 27.1.